The van der Waals surface area contributed by atoms with E-state index in [4.69, 9.17) is 9.97 Å². The average molecular weight is 613 g/mol. The van der Waals surface area contributed by atoms with E-state index in [1.807, 2.05) is 0 Å². The zero-order valence-corrected chi connectivity index (χ0v) is 26.0. The van der Waals surface area contributed by atoms with Crippen molar-refractivity contribution in [3.63, 3.8) is 0 Å². The van der Waals surface area contributed by atoms with Gasteiger partial charge < -0.3 is 4.57 Å². The van der Waals surface area contributed by atoms with E-state index >= 15 is 0 Å². The molecule has 0 N–H and O–H groups in total. The quantitative estimate of drug-likeness (QED) is 0.199. The zero-order chi connectivity index (χ0) is 31.3. The molecule has 224 valence electrons. The summed E-state index contributed by atoms with van der Waals surface area (Å²) in [6, 6.07) is 47.7. The molecule has 0 saturated carbocycles. The summed E-state index contributed by atoms with van der Waals surface area (Å²) in [6.45, 7) is 0. The molecule has 5 aromatic carbocycles. The summed E-state index contributed by atoms with van der Waals surface area (Å²) in [6.07, 6.45) is 9.13. The maximum atomic E-state index is 5.61. The average Bonchev–Trinajstić information content (AvgIpc) is 3.79. The van der Waals surface area contributed by atoms with E-state index in [0.717, 1.165) is 55.7 Å². The number of benzene rings is 5. The van der Waals surface area contributed by atoms with Crippen molar-refractivity contribution >= 4 is 54.6 Å². The lowest BCUT2D eigenvalue weighted by molar-refractivity contribution is 0.615. The van der Waals surface area contributed by atoms with Gasteiger partial charge in [0.05, 0.1) is 34.0 Å². The number of nitrogens with zero attached hydrogens (tertiary/aromatic N) is 4. The number of aromatic nitrogens is 4. The van der Waals surface area contributed by atoms with Gasteiger partial charge in [0.15, 0.2) is 0 Å². The molecule has 1 aliphatic carbocycles. The zero-order valence-electron chi connectivity index (χ0n) is 26.0. The molecule has 5 heterocycles. The molecular weight excluding hydrogens is 585 g/mol. The molecule has 4 aromatic heterocycles. The first kappa shape index (κ1) is 25.9. The van der Waals surface area contributed by atoms with E-state index in [-0.39, 0.29) is 12.0 Å². The first-order valence-electron chi connectivity index (χ1n) is 16.6. The Morgan fingerprint density at radius 1 is 0.521 bits per heavy atom. The standard InChI is InChI=1S/C44H28N4/c1-3-13-27(14-4-1)34-25-24-33-39-31-18-8-11-21-37(31)48-38-22-12-9-19-32(38)40(43(39)48)41(42(33)45-34)35-26-23-30-29-17-7-10-20-36(29)47(44(30)46-35)28-15-5-2-6-16-28/h1-26,32,38H. The normalized spacial score (nSPS) is 16.6. The molecule has 4 heteroatoms. The maximum Gasteiger partial charge on any atom is 0.146 e. The van der Waals surface area contributed by atoms with Gasteiger partial charge in [-0.15, -0.1) is 0 Å². The molecule has 4 nitrogen and oxygen atoms in total. The number of para-hydroxylation sites is 3. The van der Waals surface area contributed by atoms with Crippen LogP contribution in [0.15, 0.2) is 158 Å². The van der Waals surface area contributed by atoms with Crippen molar-refractivity contribution in [3.8, 4) is 28.2 Å². The Kier molecular flexibility index (Phi) is 5.19. The summed E-state index contributed by atoms with van der Waals surface area (Å²) in [4.78, 5) is 11.1. The van der Waals surface area contributed by atoms with Gasteiger partial charge in [0.1, 0.15) is 5.65 Å². The fourth-order valence-electron chi connectivity index (χ4n) is 8.49. The molecule has 1 aliphatic heterocycles. The number of pyridine rings is 2. The third kappa shape index (κ3) is 3.38. The fourth-order valence-corrected chi connectivity index (χ4v) is 8.49. The Morgan fingerprint density at radius 2 is 1.21 bits per heavy atom. The Morgan fingerprint density at radius 3 is 2.06 bits per heavy atom. The van der Waals surface area contributed by atoms with Crippen LogP contribution >= 0.6 is 0 Å². The van der Waals surface area contributed by atoms with Crippen LogP contribution in [0.3, 0.4) is 0 Å². The van der Waals surface area contributed by atoms with Crippen molar-refractivity contribution in [3.05, 3.63) is 163 Å². The van der Waals surface area contributed by atoms with Gasteiger partial charge in [-0.2, -0.15) is 0 Å². The van der Waals surface area contributed by atoms with Crippen molar-refractivity contribution in [1.29, 1.82) is 0 Å². The molecule has 2 aliphatic rings. The summed E-state index contributed by atoms with van der Waals surface area (Å²) in [5, 5.41) is 6.06. The highest BCUT2D eigenvalue weighted by Crippen LogP contribution is 2.55. The topological polar surface area (TPSA) is 35.6 Å². The highest BCUT2D eigenvalue weighted by molar-refractivity contribution is 6.25. The lowest BCUT2D eigenvalue weighted by Crippen LogP contribution is -2.09. The number of hydrogen-bond donors (Lipinski definition) is 0. The predicted octanol–water partition coefficient (Wildman–Crippen LogP) is 10.9. The van der Waals surface area contributed by atoms with Gasteiger partial charge in [-0.3, -0.25) is 4.57 Å². The van der Waals surface area contributed by atoms with E-state index in [1.54, 1.807) is 0 Å². The Hall–Kier alpha value is -6.26. The molecule has 2 unspecified atom stereocenters. The SMILES string of the molecule is C1=CC2c3c(-c4ccc5c6ccccc6n(-c6ccccc6)c5n4)c4nc(-c5ccccc5)ccc4c4c5ccccc5n(c34)C2C=C1. The lowest BCUT2D eigenvalue weighted by Gasteiger charge is -2.22. The van der Waals surface area contributed by atoms with Gasteiger partial charge in [0, 0.05) is 55.2 Å². The van der Waals surface area contributed by atoms with Gasteiger partial charge >= 0.3 is 0 Å². The van der Waals surface area contributed by atoms with Gasteiger partial charge in [0.25, 0.3) is 0 Å². The molecule has 0 fully saturated rings. The second-order valence-corrected chi connectivity index (χ2v) is 12.9. The van der Waals surface area contributed by atoms with Crippen molar-refractivity contribution in [2.45, 2.75) is 12.0 Å². The molecule has 0 bridgehead atoms. The van der Waals surface area contributed by atoms with Crippen LogP contribution in [0.2, 0.25) is 0 Å². The van der Waals surface area contributed by atoms with Gasteiger partial charge in [-0.05, 0) is 54.1 Å². The highest BCUT2D eigenvalue weighted by Gasteiger charge is 2.38. The van der Waals surface area contributed by atoms with Gasteiger partial charge in [0.2, 0.25) is 0 Å². The third-order valence-corrected chi connectivity index (χ3v) is 10.4. The van der Waals surface area contributed by atoms with Crippen LogP contribution in [-0.2, 0) is 0 Å². The summed E-state index contributed by atoms with van der Waals surface area (Å²) >= 11 is 0. The Balaban J connectivity index is 1.32. The second-order valence-electron chi connectivity index (χ2n) is 12.9. The van der Waals surface area contributed by atoms with E-state index in [2.05, 4.69) is 167 Å². The van der Waals surface area contributed by atoms with E-state index < -0.39 is 0 Å². The molecule has 0 saturated heterocycles. The first-order chi connectivity index (χ1) is 23.8. The van der Waals surface area contributed by atoms with Gasteiger partial charge in [-0.1, -0.05) is 109 Å². The molecule has 0 amide bonds. The van der Waals surface area contributed by atoms with Crippen LogP contribution in [0.1, 0.15) is 17.5 Å². The number of rotatable bonds is 3. The third-order valence-electron chi connectivity index (χ3n) is 10.4. The number of allylic oxidation sites excluding steroid dienone is 4. The maximum absolute atomic E-state index is 5.61. The highest BCUT2D eigenvalue weighted by atomic mass is 15.1. The van der Waals surface area contributed by atoms with Crippen LogP contribution in [0.4, 0.5) is 0 Å². The van der Waals surface area contributed by atoms with Gasteiger partial charge in [-0.25, -0.2) is 9.97 Å². The molecular formula is C44H28N4. The van der Waals surface area contributed by atoms with E-state index in [1.165, 1.54) is 32.8 Å². The van der Waals surface area contributed by atoms with Crippen molar-refractivity contribution in [1.82, 2.24) is 19.1 Å². The minimum atomic E-state index is 0.177. The summed E-state index contributed by atoms with van der Waals surface area (Å²) in [7, 11) is 0. The first-order valence-corrected chi connectivity index (χ1v) is 16.6. The summed E-state index contributed by atoms with van der Waals surface area (Å²) in [5.74, 6) is 0.177. The summed E-state index contributed by atoms with van der Waals surface area (Å²) < 4.78 is 4.87. The molecule has 0 spiro atoms. The Bertz CT molecular complexity index is 2840. The predicted molar refractivity (Wildman–Crippen MR) is 198 cm³/mol. The Labute approximate surface area is 276 Å². The lowest BCUT2D eigenvalue weighted by atomic mass is 9.84. The molecule has 11 rings (SSSR count). The minimum Gasteiger partial charge on any atom is -0.332 e. The molecule has 2 atom stereocenters. The van der Waals surface area contributed by atoms with Crippen LogP contribution in [-0.4, -0.2) is 19.1 Å². The van der Waals surface area contributed by atoms with Crippen LogP contribution in [0.5, 0.6) is 0 Å². The minimum absolute atomic E-state index is 0.177. The fraction of sp³-hybridized carbons (Fsp3) is 0.0455. The molecule has 9 aromatic rings. The smallest absolute Gasteiger partial charge is 0.146 e. The largest absolute Gasteiger partial charge is 0.332 e. The van der Waals surface area contributed by atoms with Crippen LogP contribution in [0.25, 0.3) is 82.8 Å². The molecule has 0 radical (unpaired) electrons. The van der Waals surface area contributed by atoms with E-state index in [0.29, 0.717) is 0 Å². The van der Waals surface area contributed by atoms with Crippen molar-refractivity contribution in [2.24, 2.45) is 0 Å². The number of fused-ring (bicyclic) bond motifs is 11. The monoisotopic (exact) mass is 612 g/mol. The van der Waals surface area contributed by atoms with Crippen molar-refractivity contribution < 1.29 is 0 Å². The van der Waals surface area contributed by atoms with E-state index in [9.17, 15) is 0 Å². The molecule has 48 heavy (non-hydrogen) atoms. The van der Waals surface area contributed by atoms with Crippen LogP contribution in [0, 0.1) is 0 Å². The summed E-state index contributed by atoms with van der Waals surface area (Å²) in [5.41, 5.74) is 12.2. The number of hydrogen-bond acceptors (Lipinski definition) is 2. The van der Waals surface area contributed by atoms with Crippen LogP contribution < -0.4 is 0 Å². The van der Waals surface area contributed by atoms with Crippen molar-refractivity contribution in [2.75, 3.05) is 0 Å². The second kappa shape index (κ2) is 9.63.